The van der Waals surface area contributed by atoms with Gasteiger partial charge >= 0.3 is 0 Å². The summed E-state index contributed by atoms with van der Waals surface area (Å²) in [5.41, 5.74) is 6.41. The molecule has 0 saturated heterocycles. The molecule has 4 nitrogen and oxygen atoms in total. The van der Waals surface area contributed by atoms with Crippen LogP contribution in [0.25, 0.3) is 0 Å². The largest absolute Gasteiger partial charge is 0.279 e. The molecule has 28 heavy (non-hydrogen) atoms. The smallest absolute Gasteiger partial charge is 0.261 e. The zero-order chi connectivity index (χ0) is 20.3. The van der Waals surface area contributed by atoms with Crippen LogP contribution in [0, 0.1) is 27.7 Å². The molecule has 5 heteroatoms. The zero-order valence-electron chi connectivity index (χ0n) is 16.5. The van der Waals surface area contributed by atoms with Gasteiger partial charge in [-0.2, -0.15) is 0 Å². The highest BCUT2D eigenvalue weighted by atomic mass is 32.2. The molecule has 0 saturated carbocycles. The Morgan fingerprint density at radius 3 is 2.07 bits per heavy atom. The number of rotatable bonds is 5. The number of benzene rings is 3. The predicted molar refractivity (Wildman–Crippen MR) is 116 cm³/mol. The normalized spacial score (nSPS) is 11.7. The Morgan fingerprint density at radius 2 is 1.46 bits per heavy atom. The molecule has 0 heterocycles. The first kappa shape index (κ1) is 19.8. The fourth-order valence-corrected chi connectivity index (χ4v) is 4.35. The summed E-state index contributed by atoms with van der Waals surface area (Å²) in [6, 6.07) is 18.5. The summed E-state index contributed by atoms with van der Waals surface area (Å²) >= 11 is 0. The van der Waals surface area contributed by atoms with Gasteiger partial charge in [0, 0.05) is 6.21 Å². The van der Waals surface area contributed by atoms with Gasteiger partial charge in [0.2, 0.25) is 0 Å². The van der Waals surface area contributed by atoms with Crippen LogP contribution < -0.4 is 4.72 Å². The monoisotopic (exact) mass is 392 g/mol. The molecule has 0 aliphatic carbocycles. The van der Waals surface area contributed by atoms with E-state index in [9.17, 15) is 8.42 Å². The van der Waals surface area contributed by atoms with E-state index in [-0.39, 0.29) is 4.90 Å². The highest BCUT2D eigenvalue weighted by Crippen LogP contribution is 2.26. The molecule has 0 aliphatic rings. The first-order chi connectivity index (χ1) is 13.2. The van der Waals surface area contributed by atoms with Crippen LogP contribution in [-0.2, 0) is 10.0 Å². The van der Waals surface area contributed by atoms with Crippen LogP contribution in [0.4, 0.5) is 11.4 Å². The molecule has 0 unspecified atom stereocenters. The Hall–Kier alpha value is -2.92. The van der Waals surface area contributed by atoms with Crippen LogP contribution in [0.5, 0.6) is 0 Å². The molecule has 3 rings (SSSR count). The van der Waals surface area contributed by atoms with Crippen LogP contribution in [-0.4, -0.2) is 14.6 Å². The van der Waals surface area contributed by atoms with Gasteiger partial charge in [0.25, 0.3) is 10.0 Å². The van der Waals surface area contributed by atoms with Crippen molar-refractivity contribution in [3.8, 4) is 0 Å². The molecule has 0 spiro atoms. The van der Waals surface area contributed by atoms with E-state index in [2.05, 4.69) is 9.71 Å². The van der Waals surface area contributed by atoms with E-state index in [1.165, 1.54) is 0 Å². The summed E-state index contributed by atoms with van der Waals surface area (Å²) in [7, 11) is -3.66. The number of aryl methyl sites for hydroxylation is 4. The molecule has 0 amide bonds. The summed E-state index contributed by atoms with van der Waals surface area (Å²) in [5.74, 6) is 0. The number of anilines is 1. The predicted octanol–water partition coefficient (Wildman–Crippen LogP) is 5.47. The van der Waals surface area contributed by atoms with Gasteiger partial charge in [-0.15, -0.1) is 0 Å². The minimum absolute atomic E-state index is 0.210. The van der Waals surface area contributed by atoms with Gasteiger partial charge in [-0.05, 0) is 68.7 Å². The molecule has 3 aromatic rings. The van der Waals surface area contributed by atoms with E-state index < -0.39 is 10.0 Å². The average Bonchev–Trinajstić information content (AvgIpc) is 2.63. The summed E-state index contributed by atoms with van der Waals surface area (Å²) < 4.78 is 28.3. The second kappa shape index (κ2) is 7.98. The first-order valence-electron chi connectivity index (χ1n) is 9.06. The number of sulfonamides is 1. The fourth-order valence-electron chi connectivity index (χ4n) is 3.15. The summed E-state index contributed by atoms with van der Waals surface area (Å²) in [4.78, 5) is 4.63. The maximum absolute atomic E-state index is 12.8. The van der Waals surface area contributed by atoms with Crippen molar-refractivity contribution >= 4 is 27.6 Å². The standard InChI is InChI=1S/C23H24N2O2S/c1-16-6-5-7-20(14-16)15-24-21-8-10-22(11-9-21)28(26,27)25-23-18(3)12-17(2)13-19(23)4/h5-15,25H,1-4H3. The van der Waals surface area contributed by atoms with Crippen molar-refractivity contribution < 1.29 is 8.42 Å². The van der Waals surface area contributed by atoms with Crippen LogP contribution in [0.3, 0.4) is 0 Å². The van der Waals surface area contributed by atoms with Gasteiger partial charge in [-0.25, -0.2) is 8.42 Å². The Kier molecular flexibility index (Phi) is 5.66. The van der Waals surface area contributed by atoms with Crippen LogP contribution in [0.2, 0.25) is 0 Å². The van der Waals surface area contributed by atoms with E-state index in [1.54, 1.807) is 30.5 Å². The van der Waals surface area contributed by atoms with Gasteiger partial charge in [0.1, 0.15) is 0 Å². The molecule has 1 N–H and O–H groups in total. The Bertz CT molecular complexity index is 1110. The first-order valence-corrected chi connectivity index (χ1v) is 10.5. The number of hydrogen-bond donors (Lipinski definition) is 1. The van der Waals surface area contributed by atoms with E-state index in [0.717, 1.165) is 27.8 Å². The summed E-state index contributed by atoms with van der Waals surface area (Å²) in [6.45, 7) is 7.83. The minimum atomic E-state index is -3.66. The maximum atomic E-state index is 12.8. The van der Waals surface area contributed by atoms with E-state index in [1.807, 2.05) is 64.1 Å². The van der Waals surface area contributed by atoms with Crippen molar-refractivity contribution in [3.63, 3.8) is 0 Å². The van der Waals surface area contributed by atoms with Crippen molar-refractivity contribution in [2.75, 3.05) is 4.72 Å². The SMILES string of the molecule is Cc1cccc(C=Nc2ccc(S(=O)(=O)Nc3c(C)cc(C)cc3C)cc2)c1. The third-order valence-corrected chi connectivity index (χ3v) is 5.83. The maximum Gasteiger partial charge on any atom is 0.261 e. The van der Waals surface area contributed by atoms with Crippen molar-refractivity contribution in [2.45, 2.75) is 32.6 Å². The Morgan fingerprint density at radius 1 is 0.821 bits per heavy atom. The molecule has 144 valence electrons. The topological polar surface area (TPSA) is 58.5 Å². The van der Waals surface area contributed by atoms with Gasteiger partial charge < -0.3 is 0 Å². The van der Waals surface area contributed by atoms with E-state index in [0.29, 0.717) is 11.4 Å². The molecule has 0 radical (unpaired) electrons. The fraction of sp³-hybridized carbons (Fsp3) is 0.174. The van der Waals surface area contributed by atoms with Gasteiger partial charge in [0.05, 0.1) is 16.3 Å². The quantitative estimate of drug-likeness (QED) is 0.585. The van der Waals surface area contributed by atoms with Crippen molar-refractivity contribution in [1.29, 1.82) is 0 Å². The Balaban J connectivity index is 1.80. The molecule has 0 aromatic heterocycles. The molecule has 0 aliphatic heterocycles. The molecular weight excluding hydrogens is 368 g/mol. The van der Waals surface area contributed by atoms with Gasteiger partial charge in [-0.3, -0.25) is 9.71 Å². The summed E-state index contributed by atoms with van der Waals surface area (Å²) in [5, 5.41) is 0. The highest BCUT2D eigenvalue weighted by Gasteiger charge is 2.16. The van der Waals surface area contributed by atoms with E-state index >= 15 is 0 Å². The molecule has 0 atom stereocenters. The zero-order valence-corrected chi connectivity index (χ0v) is 17.3. The second-order valence-corrected chi connectivity index (χ2v) is 8.73. The third-order valence-electron chi connectivity index (χ3n) is 4.47. The number of aliphatic imine (C=N–C) groups is 1. The molecule has 0 bridgehead atoms. The summed E-state index contributed by atoms with van der Waals surface area (Å²) in [6.07, 6.45) is 1.77. The van der Waals surface area contributed by atoms with E-state index in [4.69, 9.17) is 0 Å². The van der Waals surface area contributed by atoms with Crippen LogP contribution in [0.1, 0.15) is 27.8 Å². The highest BCUT2D eigenvalue weighted by molar-refractivity contribution is 7.92. The second-order valence-electron chi connectivity index (χ2n) is 7.05. The third kappa shape index (κ3) is 4.67. The van der Waals surface area contributed by atoms with Crippen molar-refractivity contribution in [1.82, 2.24) is 0 Å². The van der Waals surface area contributed by atoms with Gasteiger partial charge in [-0.1, -0.05) is 47.5 Å². The minimum Gasteiger partial charge on any atom is -0.279 e. The molecule has 3 aromatic carbocycles. The lowest BCUT2D eigenvalue weighted by Crippen LogP contribution is -2.14. The van der Waals surface area contributed by atoms with Crippen LogP contribution in [0.15, 0.2) is 70.6 Å². The number of nitrogens with one attached hydrogen (secondary N) is 1. The lowest BCUT2D eigenvalue weighted by Gasteiger charge is -2.14. The molecule has 0 fully saturated rings. The molecular formula is C23H24N2O2S. The lowest BCUT2D eigenvalue weighted by molar-refractivity contribution is 0.601. The lowest BCUT2D eigenvalue weighted by atomic mass is 10.1. The van der Waals surface area contributed by atoms with Gasteiger partial charge in [0.15, 0.2) is 0 Å². The van der Waals surface area contributed by atoms with Crippen LogP contribution >= 0.6 is 0 Å². The average molecular weight is 393 g/mol. The van der Waals surface area contributed by atoms with Crippen molar-refractivity contribution in [2.24, 2.45) is 4.99 Å². The van der Waals surface area contributed by atoms with Crippen molar-refractivity contribution in [3.05, 3.63) is 88.5 Å². The number of nitrogens with zero attached hydrogens (tertiary/aromatic N) is 1. The number of hydrogen-bond acceptors (Lipinski definition) is 3. The Labute approximate surface area is 167 Å².